The normalized spacial score (nSPS) is 24.6. The van der Waals surface area contributed by atoms with Gasteiger partial charge in [-0.15, -0.1) is 0 Å². The summed E-state index contributed by atoms with van der Waals surface area (Å²) in [4.78, 5) is 22.1. The molecule has 2 aromatic rings. The second kappa shape index (κ2) is 5.45. The Morgan fingerprint density at radius 2 is 2.30 bits per heavy atom. The predicted octanol–water partition coefficient (Wildman–Crippen LogP) is -1.96. The molecule has 0 unspecified atom stereocenters. The first-order valence-corrected chi connectivity index (χ1v) is 6.02. The molecular formula is C11H16N5NaO3. The van der Waals surface area contributed by atoms with E-state index >= 15 is 0 Å². The Balaban J connectivity index is 0.00000147. The predicted molar refractivity (Wildman–Crippen MR) is 74.4 cm³/mol. The van der Waals surface area contributed by atoms with Gasteiger partial charge in [-0.05, 0) is 12.3 Å². The molecule has 8 nitrogen and oxygen atoms in total. The number of H-pyrrole nitrogens is 1. The van der Waals surface area contributed by atoms with Crippen molar-refractivity contribution in [2.75, 3.05) is 18.9 Å². The molecule has 9 heteroatoms. The minimum atomic E-state index is -0.381. The van der Waals surface area contributed by atoms with E-state index in [9.17, 15) is 15.0 Å². The summed E-state index contributed by atoms with van der Waals surface area (Å²) >= 11 is 0. The third-order valence-corrected chi connectivity index (χ3v) is 3.87. The molecule has 20 heavy (non-hydrogen) atoms. The molecule has 5 N–H and O–H groups in total. The first-order valence-electron chi connectivity index (χ1n) is 6.02. The van der Waals surface area contributed by atoms with Crippen molar-refractivity contribution in [3.8, 4) is 0 Å². The molecule has 1 aliphatic carbocycles. The SMILES string of the molecule is Nc1nc2c(ncn2C[C@]2(CO)C[C@H]2CO)c(=O)[nH]1.[NaH]. The van der Waals surface area contributed by atoms with Crippen LogP contribution in [0.1, 0.15) is 6.42 Å². The number of nitrogens with one attached hydrogen (secondary N) is 1. The fourth-order valence-electron chi connectivity index (χ4n) is 2.55. The number of nitrogen functional groups attached to an aromatic ring is 1. The van der Waals surface area contributed by atoms with Crippen LogP contribution in [0.4, 0.5) is 5.95 Å². The van der Waals surface area contributed by atoms with E-state index < -0.39 is 0 Å². The Kier molecular flexibility index (Phi) is 4.22. The van der Waals surface area contributed by atoms with Crippen LogP contribution in [0.2, 0.25) is 0 Å². The van der Waals surface area contributed by atoms with Crippen LogP contribution in [-0.2, 0) is 6.54 Å². The molecule has 1 saturated carbocycles. The van der Waals surface area contributed by atoms with Crippen molar-refractivity contribution >= 4 is 46.7 Å². The third kappa shape index (κ3) is 2.38. The number of aromatic amines is 1. The third-order valence-electron chi connectivity index (χ3n) is 3.87. The molecule has 0 aromatic carbocycles. The van der Waals surface area contributed by atoms with E-state index in [-0.39, 0.29) is 71.1 Å². The summed E-state index contributed by atoms with van der Waals surface area (Å²) in [5, 5.41) is 18.7. The summed E-state index contributed by atoms with van der Waals surface area (Å²) in [6, 6.07) is 0. The van der Waals surface area contributed by atoms with Gasteiger partial charge in [-0.3, -0.25) is 9.78 Å². The summed E-state index contributed by atoms with van der Waals surface area (Å²) < 4.78 is 1.70. The second-order valence-electron chi connectivity index (χ2n) is 5.10. The van der Waals surface area contributed by atoms with Gasteiger partial charge < -0.3 is 20.5 Å². The Hall–Kier alpha value is -0.930. The van der Waals surface area contributed by atoms with Gasteiger partial charge in [-0.25, -0.2) is 4.98 Å². The van der Waals surface area contributed by atoms with E-state index in [2.05, 4.69) is 15.0 Å². The van der Waals surface area contributed by atoms with Gasteiger partial charge in [0.05, 0.1) is 12.9 Å². The zero-order valence-corrected chi connectivity index (χ0v) is 10.2. The molecular weight excluding hydrogens is 273 g/mol. The van der Waals surface area contributed by atoms with E-state index in [1.54, 1.807) is 4.57 Å². The van der Waals surface area contributed by atoms with Gasteiger partial charge in [0.15, 0.2) is 11.2 Å². The molecule has 1 aliphatic rings. The number of anilines is 1. The maximum absolute atomic E-state index is 11.6. The molecule has 0 saturated heterocycles. The number of fused-ring (bicyclic) bond motifs is 1. The summed E-state index contributed by atoms with van der Waals surface area (Å²) in [7, 11) is 0. The Labute approximate surface area is 136 Å². The molecule has 2 aromatic heterocycles. The first kappa shape index (κ1) is 15.5. The van der Waals surface area contributed by atoms with Crippen LogP contribution in [0.25, 0.3) is 11.2 Å². The van der Waals surface area contributed by atoms with Crippen LogP contribution < -0.4 is 11.3 Å². The van der Waals surface area contributed by atoms with E-state index in [0.717, 1.165) is 6.42 Å². The fourth-order valence-corrected chi connectivity index (χ4v) is 2.55. The van der Waals surface area contributed by atoms with Crippen LogP contribution in [0.3, 0.4) is 0 Å². The Bertz CT molecular complexity index is 684. The average Bonchev–Trinajstić information content (AvgIpc) is 2.95. The van der Waals surface area contributed by atoms with Gasteiger partial charge in [-0.2, -0.15) is 4.98 Å². The molecule has 0 bridgehead atoms. The number of aliphatic hydroxyl groups is 2. The topological polar surface area (TPSA) is 130 Å². The van der Waals surface area contributed by atoms with Gasteiger partial charge in [0.25, 0.3) is 5.56 Å². The minimum absolute atomic E-state index is 0. The van der Waals surface area contributed by atoms with Crippen molar-refractivity contribution in [2.24, 2.45) is 11.3 Å². The van der Waals surface area contributed by atoms with Gasteiger partial charge in [0.1, 0.15) is 0 Å². The average molecular weight is 289 g/mol. The van der Waals surface area contributed by atoms with Gasteiger partial charge >= 0.3 is 29.6 Å². The standard InChI is InChI=1S/C11H15N5O3.Na.H/c12-10-14-8-7(9(19)15-10)13-5-16(8)3-11(4-18)1-6(11)2-17;;/h5-6,17-18H,1-4H2,(H3,12,14,15,19);;/t6-,11-;;/m0../s1. The molecule has 3 rings (SSSR count). The number of rotatable bonds is 4. The van der Waals surface area contributed by atoms with Gasteiger partial charge in [0, 0.05) is 18.6 Å². The second-order valence-corrected chi connectivity index (χ2v) is 5.10. The summed E-state index contributed by atoms with van der Waals surface area (Å²) in [6.45, 7) is 0.487. The number of nitrogens with zero attached hydrogens (tertiary/aromatic N) is 3. The molecule has 0 spiro atoms. The van der Waals surface area contributed by atoms with Gasteiger partial charge in [0.2, 0.25) is 5.95 Å². The monoisotopic (exact) mass is 289 g/mol. The Morgan fingerprint density at radius 3 is 2.90 bits per heavy atom. The molecule has 2 atom stereocenters. The van der Waals surface area contributed by atoms with Crippen molar-refractivity contribution in [1.82, 2.24) is 19.5 Å². The van der Waals surface area contributed by atoms with Crippen LogP contribution in [0, 0.1) is 11.3 Å². The van der Waals surface area contributed by atoms with Crippen molar-refractivity contribution in [3.05, 3.63) is 16.7 Å². The fraction of sp³-hybridized carbons (Fsp3) is 0.545. The molecule has 0 radical (unpaired) electrons. The van der Waals surface area contributed by atoms with E-state index in [1.807, 2.05) is 0 Å². The van der Waals surface area contributed by atoms with Crippen LogP contribution >= 0.6 is 0 Å². The number of nitrogens with two attached hydrogens (primary N) is 1. The number of hydrogen-bond donors (Lipinski definition) is 4. The van der Waals surface area contributed by atoms with E-state index in [0.29, 0.717) is 12.2 Å². The first-order chi connectivity index (χ1) is 9.09. The number of imidazole rings is 1. The van der Waals surface area contributed by atoms with Crippen LogP contribution in [0.15, 0.2) is 11.1 Å². The summed E-state index contributed by atoms with van der Waals surface area (Å²) in [5.74, 6) is 0.112. The van der Waals surface area contributed by atoms with Gasteiger partial charge in [-0.1, -0.05) is 0 Å². The quantitative estimate of drug-likeness (QED) is 0.484. The van der Waals surface area contributed by atoms with Crippen LogP contribution in [-0.4, -0.2) is 72.5 Å². The van der Waals surface area contributed by atoms with Crippen molar-refractivity contribution in [1.29, 1.82) is 0 Å². The number of aromatic nitrogens is 4. The van der Waals surface area contributed by atoms with Crippen molar-refractivity contribution in [2.45, 2.75) is 13.0 Å². The van der Waals surface area contributed by atoms with Crippen molar-refractivity contribution in [3.63, 3.8) is 0 Å². The summed E-state index contributed by atoms with van der Waals surface area (Å²) in [5.41, 5.74) is 5.42. The maximum atomic E-state index is 11.6. The zero-order chi connectivity index (χ0) is 13.6. The zero-order valence-electron chi connectivity index (χ0n) is 10.2. The molecule has 1 fully saturated rings. The molecule has 2 heterocycles. The van der Waals surface area contributed by atoms with E-state index in [1.165, 1.54) is 6.33 Å². The number of hydrogen-bond acceptors (Lipinski definition) is 6. The number of aliphatic hydroxyl groups excluding tert-OH is 2. The Morgan fingerprint density at radius 1 is 1.55 bits per heavy atom. The molecule has 104 valence electrons. The van der Waals surface area contributed by atoms with Crippen LogP contribution in [0.5, 0.6) is 0 Å². The van der Waals surface area contributed by atoms with E-state index in [4.69, 9.17) is 5.73 Å². The summed E-state index contributed by atoms with van der Waals surface area (Å²) in [6.07, 6.45) is 2.26. The molecule has 0 aliphatic heterocycles. The molecule has 0 amide bonds. The van der Waals surface area contributed by atoms with Crippen molar-refractivity contribution < 1.29 is 10.2 Å².